The maximum absolute atomic E-state index is 12.2. The zero-order valence-electron chi connectivity index (χ0n) is 12.9. The van der Waals surface area contributed by atoms with Crippen LogP contribution < -0.4 is 20.5 Å². The number of amides is 1. The number of hydrogen-bond acceptors (Lipinski definition) is 4. The average molecular weight is 300 g/mol. The van der Waals surface area contributed by atoms with Gasteiger partial charge in [0.2, 0.25) is 0 Å². The molecule has 0 aliphatic carbocycles. The number of benzene rings is 2. The van der Waals surface area contributed by atoms with E-state index in [1.165, 1.54) is 7.11 Å². The molecule has 2 rings (SSSR count). The van der Waals surface area contributed by atoms with E-state index in [0.29, 0.717) is 22.9 Å². The van der Waals surface area contributed by atoms with E-state index >= 15 is 0 Å². The molecule has 0 fully saturated rings. The van der Waals surface area contributed by atoms with Crippen LogP contribution in [0.3, 0.4) is 0 Å². The predicted molar refractivity (Wildman–Crippen MR) is 87.3 cm³/mol. The fraction of sp³-hybridized carbons (Fsp3) is 0.235. The number of nitrogens with one attached hydrogen (secondary N) is 1. The van der Waals surface area contributed by atoms with Gasteiger partial charge in [0.15, 0.2) is 6.10 Å². The van der Waals surface area contributed by atoms with Crippen molar-refractivity contribution in [2.24, 2.45) is 0 Å². The van der Waals surface area contributed by atoms with Crippen molar-refractivity contribution in [1.82, 2.24) is 0 Å². The molecule has 3 N–H and O–H groups in total. The van der Waals surface area contributed by atoms with Crippen LogP contribution in [0.5, 0.6) is 11.5 Å². The summed E-state index contributed by atoms with van der Waals surface area (Å²) in [6, 6.07) is 12.6. The summed E-state index contributed by atoms with van der Waals surface area (Å²) in [5.41, 5.74) is 7.93. The molecule has 0 bridgehead atoms. The van der Waals surface area contributed by atoms with Crippen LogP contribution in [0.1, 0.15) is 12.5 Å². The molecule has 22 heavy (non-hydrogen) atoms. The zero-order valence-corrected chi connectivity index (χ0v) is 12.9. The molecule has 0 saturated carbocycles. The number of carbonyl (C=O) groups excluding carboxylic acids is 1. The topological polar surface area (TPSA) is 73.6 Å². The molecule has 0 spiro atoms. The van der Waals surface area contributed by atoms with E-state index < -0.39 is 6.10 Å². The first-order chi connectivity index (χ1) is 10.5. The molecule has 2 aromatic rings. The van der Waals surface area contributed by atoms with Gasteiger partial charge in [-0.15, -0.1) is 0 Å². The summed E-state index contributed by atoms with van der Waals surface area (Å²) in [6.45, 7) is 3.68. The molecule has 1 atom stereocenters. The molecular weight excluding hydrogens is 280 g/mol. The first kappa shape index (κ1) is 15.7. The highest BCUT2D eigenvalue weighted by molar-refractivity contribution is 5.95. The van der Waals surface area contributed by atoms with Crippen LogP contribution in [0, 0.1) is 6.92 Å². The van der Waals surface area contributed by atoms with Crippen LogP contribution in [0.15, 0.2) is 42.5 Å². The molecule has 116 valence electrons. The molecule has 0 aliphatic rings. The number of carbonyl (C=O) groups is 1. The van der Waals surface area contributed by atoms with Crippen LogP contribution in [0.25, 0.3) is 0 Å². The van der Waals surface area contributed by atoms with Gasteiger partial charge in [0.05, 0.1) is 12.8 Å². The van der Waals surface area contributed by atoms with Gasteiger partial charge in [0.25, 0.3) is 5.91 Å². The van der Waals surface area contributed by atoms with Crippen molar-refractivity contribution in [2.45, 2.75) is 20.0 Å². The van der Waals surface area contributed by atoms with Gasteiger partial charge in [0.1, 0.15) is 11.5 Å². The Balaban J connectivity index is 2.05. The van der Waals surface area contributed by atoms with Crippen molar-refractivity contribution in [3.63, 3.8) is 0 Å². The average Bonchev–Trinajstić information content (AvgIpc) is 2.49. The molecule has 0 heterocycles. The highest BCUT2D eigenvalue weighted by Gasteiger charge is 2.16. The van der Waals surface area contributed by atoms with Gasteiger partial charge in [0, 0.05) is 5.69 Å². The number of nitrogen functional groups attached to an aromatic ring is 1. The lowest BCUT2D eigenvalue weighted by Crippen LogP contribution is -2.30. The molecule has 1 unspecified atom stereocenters. The minimum Gasteiger partial charge on any atom is -0.495 e. The van der Waals surface area contributed by atoms with Gasteiger partial charge in [-0.1, -0.05) is 17.7 Å². The van der Waals surface area contributed by atoms with E-state index in [0.717, 1.165) is 5.56 Å². The van der Waals surface area contributed by atoms with Gasteiger partial charge < -0.3 is 20.5 Å². The van der Waals surface area contributed by atoms with Crippen molar-refractivity contribution in [3.05, 3.63) is 48.0 Å². The number of anilines is 2. The first-order valence-electron chi connectivity index (χ1n) is 6.97. The molecule has 2 aromatic carbocycles. The Bertz CT molecular complexity index is 653. The van der Waals surface area contributed by atoms with Crippen LogP contribution in [-0.2, 0) is 4.79 Å². The second-order valence-corrected chi connectivity index (χ2v) is 5.02. The normalized spacial score (nSPS) is 11.6. The van der Waals surface area contributed by atoms with Gasteiger partial charge in [-0.3, -0.25) is 4.79 Å². The van der Waals surface area contributed by atoms with Crippen molar-refractivity contribution in [1.29, 1.82) is 0 Å². The van der Waals surface area contributed by atoms with Crippen molar-refractivity contribution in [2.75, 3.05) is 18.2 Å². The maximum atomic E-state index is 12.2. The number of nitrogens with two attached hydrogens (primary N) is 1. The molecular formula is C17H20N2O3. The monoisotopic (exact) mass is 300 g/mol. The Kier molecular flexibility index (Phi) is 4.88. The van der Waals surface area contributed by atoms with Gasteiger partial charge in [-0.05, 0) is 44.2 Å². The molecule has 0 saturated heterocycles. The lowest BCUT2D eigenvalue weighted by atomic mass is 10.2. The minimum absolute atomic E-state index is 0.274. The smallest absolute Gasteiger partial charge is 0.265 e. The van der Waals surface area contributed by atoms with Gasteiger partial charge >= 0.3 is 0 Å². The third-order valence-electron chi connectivity index (χ3n) is 3.18. The van der Waals surface area contributed by atoms with Crippen molar-refractivity contribution >= 4 is 17.3 Å². The second-order valence-electron chi connectivity index (χ2n) is 5.02. The summed E-state index contributed by atoms with van der Waals surface area (Å²) in [6.07, 6.45) is -0.645. The summed E-state index contributed by atoms with van der Waals surface area (Å²) < 4.78 is 10.8. The lowest BCUT2D eigenvalue weighted by molar-refractivity contribution is -0.122. The Labute approximate surface area is 130 Å². The number of rotatable bonds is 5. The Morgan fingerprint density at radius 3 is 2.50 bits per heavy atom. The summed E-state index contributed by atoms with van der Waals surface area (Å²) >= 11 is 0. The van der Waals surface area contributed by atoms with Crippen LogP contribution in [0.2, 0.25) is 0 Å². The van der Waals surface area contributed by atoms with Crippen molar-refractivity contribution in [3.8, 4) is 11.5 Å². The number of aryl methyl sites for hydroxylation is 1. The number of hydrogen-bond donors (Lipinski definition) is 2. The molecule has 5 nitrogen and oxygen atoms in total. The summed E-state index contributed by atoms with van der Waals surface area (Å²) in [7, 11) is 1.54. The fourth-order valence-electron chi connectivity index (χ4n) is 1.93. The van der Waals surface area contributed by atoms with Gasteiger partial charge in [-0.2, -0.15) is 0 Å². The SMILES string of the molecule is COc1ccc(N)cc1NC(=O)C(C)Oc1ccc(C)cc1. The maximum Gasteiger partial charge on any atom is 0.265 e. The van der Waals surface area contributed by atoms with Crippen LogP contribution in [-0.4, -0.2) is 19.1 Å². The molecule has 0 aliphatic heterocycles. The Morgan fingerprint density at radius 2 is 1.86 bits per heavy atom. The Morgan fingerprint density at radius 1 is 1.18 bits per heavy atom. The van der Waals surface area contributed by atoms with Crippen LogP contribution >= 0.6 is 0 Å². The first-order valence-corrected chi connectivity index (χ1v) is 6.97. The van der Waals surface area contributed by atoms with E-state index in [1.807, 2.05) is 31.2 Å². The van der Waals surface area contributed by atoms with Crippen molar-refractivity contribution < 1.29 is 14.3 Å². The van der Waals surface area contributed by atoms with E-state index in [-0.39, 0.29) is 5.91 Å². The minimum atomic E-state index is -0.645. The largest absolute Gasteiger partial charge is 0.495 e. The van der Waals surface area contributed by atoms with E-state index in [2.05, 4.69) is 5.32 Å². The summed E-state index contributed by atoms with van der Waals surface area (Å²) in [5.74, 6) is 0.919. The zero-order chi connectivity index (χ0) is 16.1. The third kappa shape index (κ3) is 3.91. The van der Waals surface area contributed by atoms with Gasteiger partial charge in [-0.25, -0.2) is 0 Å². The Hall–Kier alpha value is -2.69. The molecule has 0 radical (unpaired) electrons. The van der Waals surface area contributed by atoms with E-state index in [1.54, 1.807) is 25.1 Å². The second kappa shape index (κ2) is 6.85. The molecule has 5 heteroatoms. The van der Waals surface area contributed by atoms with E-state index in [4.69, 9.17) is 15.2 Å². The number of methoxy groups -OCH3 is 1. The molecule has 1 amide bonds. The standard InChI is InChI=1S/C17H20N2O3/c1-11-4-7-14(8-5-11)22-12(2)17(20)19-15-10-13(18)6-9-16(15)21-3/h4-10,12H,18H2,1-3H3,(H,19,20). The fourth-order valence-corrected chi connectivity index (χ4v) is 1.93. The lowest BCUT2D eigenvalue weighted by Gasteiger charge is -2.16. The predicted octanol–water partition coefficient (Wildman–Crippen LogP) is 2.99. The van der Waals surface area contributed by atoms with Crippen LogP contribution in [0.4, 0.5) is 11.4 Å². The van der Waals surface area contributed by atoms with E-state index in [9.17, 15) is 4.79 Å². The third-order valence-corrected chi connectivity index (χ3v) is 3.18. The summed E-state index contributed by atoms with van der Waals surface area (Å²) in [5, 5.41) is 2.76. The number of ether oxygens (including phenoxy) is 2. The molecule has 0 aromatic heterocycles. The summed E-state index contributed by atoms with van der Waals surface area (Å²) in [4.78, 5) is 12.2. The highest BCUT2D eigenvalue weighted by Crippen LogP contribution is 2.26. The highest BCUT2D eigenvalue weighted by atomic mass is 16.5. The quantitative estimate of drug-likeness (QED) is 0.833.